The van der Waals surface area contributed by atoms with Crippen LogP contribution in [0.4, 0.5) is 40.9 Å². The molecule has 3 aliphatic rings. The van der Waals surface area contributed by atoms with Crippen molar-refractivity contribution in [1.82, 2.24) is 24.8 Å². The molecular formula is C37H40F8N6O6. The Bertz CT molecular complexity index is 2070. The van der Waals surface area contributed by atoms with Crippen molar-refractivity contribution < 1.29 is 64.8 Å². The van der Waals surface area contributed by atoms with E-state index in [4.69, 9.17) is 29.5 Å². The number of fused-ring (bicyclic) bond motifs is 3. The van der Waals surface area contributed by atoms with Crippen LogP contribution in [0.3, 0.4) is 0 Å². The summed E-state index contributed by atoms with van der Waals surface area (Å²) < 4.78 is 101. The van der Waals surface area contributed by atoms with Crippen LogP contribution in [0.1, 0.15) is 44.9 Å². The summed E-state index contributed by atoms with van der Waals surface area (Å²) in [4.78, 5) is 36.1. The predicted molar refractivity (Wildman–Crippen MR) is 191 cm³/mol. The van der Waals surface area contributed by atoms with Gasteiger partial charge in [-0.3, -0.25) is 9.88 Å². The molecule has 310 valence electrons. The first kappa shape index (κ1) is 43.0. The summed E-state index contributed by atoms with van der Waals surface area (Å²) in [6.07, 6.45) is -2.75. The Labute approximate surface area is 320 Å². The maximum atomic E-state index is 16.5. The third-order valence-electron chi connectivity index (χ3n) is 10.5. The lowest BCUT2D eigenvalue weighted by Gasteiger charge is -2.36. The van der Waals surface area contributed by atoms with Gasteiger partial charge in [-0.05, 0) is 69.2 Å². The van der Waals surface area contributed by atoms with Gasteiger partial charge >= 0.3 is 30.3 Å². The van der Waals surface area contributed by atoms with E-state index in [1.807, 2.05) is 24.3 Å². The number of aromatic hydroxyl groups is 1. The van der Waals surface area contributed by atoms with Crippen molar-refractivity contribution in [3.63, 3.8) is 0 Å². The van der Waals surface area contributed by atoms with Gasteiger partial charge in [0.15, 0.2) is 5.82 Å². The molecule has 4 heterocycles. The van der Waals surface area contributed by atoms with E-state index in [1.165, 1.54) is 6.07 Å². The van der Waals surface area contributed by atoms with Gasteiger partial charge in [0.05, 0.1) is 10.9 Å². The Morgan fingerprint density at radius 1 is 0.965 bits per heavy atom. The number of aliphatic carboxylic acids is 2. The molecule has 1 aliphatic carbocycles. The topological polar surface area (TPSA) is 161 Å². The second-order valence-corrected chi connectivity index (χ2v) is 14.4. The summed E-state index contributed by atoms with van der Waals surface area (Å²) in [7, 11) is 4.19. The maximum Gasteiger partial charge on any atom is 0.490 e. The van der Waals surface area contributed by atoms with E-state index in [0.717, 1.165) is 55.8 Å². The molecule has 0 amide bonds. The van der Waals surface area contributed by atoms with Gasteiger partial charge in [-0.2, -0.15) is 36.3 Å². The molecule has 0 bridgehead atoms. The molecule has 3 fully saturated rings. The first-order valence-electron chi connectivity index (χ1n) is 17.8. The number of carboxylic acids is 2. The van der Waals surface area contributed by atoms with Gasteiger partial charge in [0.25, 0.3) is 0 Å². The second kappa shape index (κ2) is 16.8. The number of carboxylic acid groups (broad SMARTS) is 2. The zero-order chi connectivity index (χ0) is 41.9. The molecule has 4 N–H and O–H groups in total. The molecular weight excluding hydrogens is 776 g/mol. The first-order valence-corrected chi connectivity index (χ1v) is 17.8. The molecule has 2 saturated heterocycles. The molecule has 2 atom stereocenters. The normalized spacial score (nSPS) is 20.4. The fraction of sp³-hybridized carbons (Fsp3) is 0.486. The first-order chi connectivity index (χ1) is 26.7. The molecule has 20 heteroatoms. The highest BCUT2D eigenvalue weighted by atomic mass is 19.4. The highest BCUT2D eigenvalue weighted by Gasteiger charge is 2.49. The van der Waals surface area contributed by atoms with Crippen molar-refractivity contribution >= 4 is 39.4 Å². The molecule has 1 saturated carbocycles. The fourth-order valence-electron chi connectivity index (χ4n) is 7.63. The second-order valence-electron chi connectivity index (χ2n) is 14.4. The number of nitrogens with zero attached hydrogens (tertiary/aromatic N) is 5. The largest absolute Gasteiger partial charge is 0.508 e. The van der Waals surface area contributed by atoms with Gasteiger partial charge in [-0.15, -0.1) is 0 Å². The Kier molecular flexibility index (Phi) is 12.7. The van der Waals surface area contributed by atoms with Crippen LogP contribution in [0.25, 0.3) is 32.9 Å². The highest BCUT2D eigenvalue weighted by Crippen LogP contribution is 2.41. The molecule has 7 rings (SSSR count). The Morgan fingerprint density at radius 3 is 2.21 bits per heavy atom. The molecule has 2 aliphatic heterocycles. The number of phenolic OH excluding ortho intramolecular Hbond substituents is 1. The Hall–Kier alpha value is -5.11. The summed E-state index contributed by atoms with van der Waals surface area (Å²) >= 11 is 0. The van der Waals surface area contributed by atoms with E-state index in [-0.39, 0.29) is 40.7 Å². The van der Waals surface area contributed by atoms with E-state index in [1.54, 1.807) is 12.3 Å². The number of likely N-dealkylation sites (N-methyl/N-ethyl adjacent to an activating group) is 1. The molecule has 2 aromatic heterocycles. The van der Waals surface area contributed by atoms with Gasteiger partial charge in [-0.25, -0.2) is 18.4 Å². The van der Waals surface area contributed by atoms with Crippen molar-refractivity contribution in [3.8, 4) is 23.0 Å². The van der Waals surface area contributed by atoms with Crippen molar-refractivity contribution in [2.45, 2.75) is 74.5 Å². The standard InChI is InChI=1S/C33H38F2N6O2.2C2HF3O2/c1-40(2)32(10-5-6-11-32)19-37-30-26-17-36-28(25-15-23(42)14-21-8-3-4-9-24(21)25)27(35)29(26)38-31(39-30)43-20-33-12-7-13-41(33)18-22(34)16-33;2*3-2(4,5)1(6)7/h3-4,8-9,14-15,17,22,42H,5-7,10-13,16,18-20H2,1-2H3,(H,37,38,39);2*(H,6,7)/t22-,33+;;/m1../s1. The summed E-state index contributed by atoms with van der Waals surface area (Å²) in [5.41, 5.74) is 0.238. The smallest absolute Gasteiger partial charge is 0.490 e. The zero-order valence-corrected chi connectivity index (χ0v) is 30.7. The van der Waals surface area contributed by atoms with Crippen LogP contribution in [0.2, 0.25) is 0 Å². The molecule has 2 aromatic carbocycles. The highest BCUT2D eigenvalue weighted by molar-refractivity contribution is 5.99. The maximum absolute atomic E-state index is 16.5. The van der Waals surface area contributed by atoms with Crippen LogP contribution in [-0.2, 0) is 9.59 Å². The van der Waals surface area contributed by atoms with E-state index in [0.29, 0.717) is 36.3 Å². The molecule has 4 aromatic rings. The van der Waals surface area contributed by atoms with Crippen LogP contribution in [0, 0.1) is 5.82 Å². The van der Waals surface area contributed by atoms with Crippen molar-refractivity contribution in [2.24, 2.45) is 0 Å². The number of anilines is 1. The lowest BCUT2D eigenvalue weighted by molar-refractivity contribution is -0.193. The van der Waals surface area contributed by atoms with Gasteiger partial charge in [-0.1, -0.05) is 37.1 Å². The van der Waals surface area contributed by atoms with Crippen LogP contribution in [-0.4, -0.2) is 122 Å². The number of ether oxygens (including phenoxy) is 1. The molecule has 12 nitrogen and oxygen atoms in total. The number of rotatable bonds is 8. The number of hydrogen-bond donors (Lipinski definition) is 4. The minimum absolute atomic E-state index is 0.0257. The minimum Gasteiger partial charge on any atom is -0.508 e. The van der Waals surface area contributed by atoms with Crippen molar-refractivity contribution in [3.05, 3.63) is 48.4 Å². The van der Waals surface area contributed by atoms with E-state index in [2.05, 4.69) is 39.2 Å². The Balaban J connectivity index is 0.000000380. The number of aromatic nitrogens is 3. The van der Waals surface area contributed by atoms with Crippen molar-refractivity contribution in [2.75, 3.05) is 45.7 Å². The summed E-state index contributed by atoms with van der Waals surface area (Å²) in [6, 6.07) is 10.7. The fourth-order valence-corrected chi connectivity index (χ4v) is 7.63. The van der Waals surface area contributed by atoms with Gasteiger partial charge < -0.3 is 30.3 Å². The summed E-state index contributed by atoms with van der Waals surface area (Å²) in [5, 5.41) is 30.2. The zero-order valence-electron chi connectivity index (χ0n) is 30.7. The number of alkyl halides is 7. The monoisotopic (exact) mass is 816 g/mol. The third-order valence-corrected chi connectivity index (χ3v) is 10.5. The SMILES string of the molecule is CN(C)C1(CNc2nc(OC[C@@]34CCCN3C[C@H](F)C4)nc3c(F)c(-c4cc(O)cc5ccccc45)ncc23)CCCC1.O=C(O)C(F)(F)F.O=C(O)C(F)(F)F. The number of hydrogen-bond acceptors (Lipinski definition) is 10. The van der Waals surface area contributed by atoms with Crippen LogP contribution in [0.15, 0.2) is 42.6 Å². The minimum atomic E-state index is -5.08. The number of carbonyl (C=O) groups is 2. The quantitative estimate of drug-likeness (QED) is 0.133. The average molecular weight is 817 g/mol. The number of phenols is 1. The van der Waals surface area contributed by atoms with Crippen molar-refractivity contribution in [1.29, 1.82) is 0 Å². The third kappa shape index (κ3) is 9.72. The summed E-state index contributed by atoms with van der Waals surface area (Å²) in [6.45, 7) is 2.15. The average Bonchev–Trinajstić information content (AvgIpc) is 3.85. The molecule has 0 unspecified atom stereocenters. The molecule has 57 heavy (non-hydrogen) atoms. The number of pyridine rings is 1. The molecule has 0 radical (unpaired) electrons. The van der Waals surface area contributed by atoms with Gasteiger partial charge in [0, 0.05) is 36.8 Å². The molecule has 0 spiro atoms. The summed E-state index contributed by atoms with van der Waals surface area (Å²) in [5.74, 6) is -5.64. The van der Waals surface area contributed by atoms with Crippen LogP contribution in [0.5, 0.6) is 11.8 Å². The van der Waals surface area contributed by atoms with Crippen LogP contribution < -0.4 is 10.1 Å². The lowest BCUT2D eigenvalue weighted by Crippen LogP contribution is -2.47. The number of benzene rings is 2. The van der Waals surface area contributed by atoms with E-state index >= 15 is 4.39 Å². The van der Waals surface area contributed by atoms with Gasteiger partial charge in [0.1, 0.15) is 35.6 Å². The number of nitrogens with one attached hydrogen (secondary N) is 1. The Morgan fingerprint density at radius 2 is 1.60 bits per heavy atom. The van der Waals surface area contributed by atoms with Gasteiger partial charge in [0.2, 0.25) is 0 Å². The number of halogens is 8. The lowest BCUT2D eigenvalue weighted by atomic mass is 9.95. The van der Waals surface area contributed by atoms with E-state index < -0.39 is 36.3 Å². The van der Waals surface area contributed by atoms with Crippen LogP contribution >= 0.6 is 0 Å². The predicted octanol–water partition coefficient (Wildman–Crippen LogP) is 7.20. The van der Waals surface area contributed by atoms with E-state index in [9.17, 15) is 35.8 Å².